The van der Waals surface area contributed by atoms with Crippen molar-refractivity contribution in [3.8, 4) is 0 Å². The molecule has 2 unspecified atom stereocenters. The van der Waals surface area contributed by atoms with Crippen LogP contribution in [-0.2, 0) is 16.6 Å². The van der Waals surface area contributed by atoms with Crippen LogP contribution in [0.15, 0.2) is 54.6 Å². The van der Waals surface area contributed by atoms with Gasteiger partial charge in [0.1, 0.15) is 0 Å². The van der Waals surface area contributed by atoms with Crippen LogP contribution in [-0.4, -0.2) is 50.2 Å². The summed E-state index contributed by atoms with van der Waals surface area (Å²) in [5.41, 5.74) is 2.94. The average Bonchev–Trinajstić information content (AvgIpc) is 3.55. The van der Waals surface area contributed by atoms with E-state index in [1.807, 2.05) is 12.1 Å². The monoisotopic (exact) mass is 441 g/mol. The summed E-state index contributed by atoms with van der Waals surface area (Å²) in [5.74, 6) is -0.0219. The van der Waals surface area contributed by atoms with E-state index in [2.05, 4.69) is 45.3 Å². The van der Waals surface area contributed by atoms with Crippen molar-refractivity contribution in [1.29, 1.82) is 0 Å². The van der Waals surface area contributed by atoms with Gasteiger partial charge in [-0.15, -0.1) is 0 Å². The first-order chi connectivity index (χ1) is 14.9. The van der Waals surface area contributed by atoms with E-state index in [1.54, 1.807) is 12.1 Å². The SMILES string of the molecule is CCS(=O)(=O)NC(=O)c1ccc(CN2CCC(NC3CC3c3ccccc3)CC2)cc1. The second-order valence-electron chi connectivity index (χ2n) is 8.61. The van der Waals surface area contributed by atoms with Gasteiger partial charge in [0.25, 0.3) is 5.91 Å². The number of nitrogens with zero attached hydrogens (tertiary/aromatic N) is 1. The van der Waals surface area contributed by atoms with Crippen LogP contribution >= 0.6 is 0 Å². The number of rotatable bonds is 8. The smallest absolute Gasteiger partial charge is 0.264 e. The summed E-state index contributed by atoms with van der Waals surface area (Å²) < 4.78 is 25.2. The third-order valence-corrected chi connectivity index (χ3v) is 7.56. The Balaban J connectivity index is 1.21. The van der Waals surface area contributed by atoms with Crippen LogP contribution in [0.4, 0.5) is 0 Å². The first-order valence-electron chi connectivity index (χ1n) is 11.1. The van der Waals surface area contributed by atoms with E-state index < -0.39 is 15.9 Å². The molecular formula is C24H31N3O3S. The number of piperidine rings is 1. The predicted octanol–water partition coefficient (Wildman–Crippen LogP) is 2.88. The maximum atomic E-state index is 12.1. The van der Waals surface area contributed by atoms with Gasteiger partial charge in [0.2, 0.25) is 10.0 Å². The number of amides is 1. The number of carbonyl (C=O) groups is 1. The second-order valence-corrected chi connectivity index (χ2v) is 10.6. The molecule has 2 aromatic rings. The minimum absolute atomic E-state index is 0.116. The Hall–Kier alpha value is -2.22. The Morgan fingerprint density at radius 1 is 1.03 bits per heavy atom. The molecule has 6 nitrogen and oxygen atoms in total. The van der Waals surface area contributed by atoms with E-state index in [0.717, 1.165) is 38.0 Å². The average molecular weight is 442 g/mol. The molecule has 4 rings (SSSR count). The summed E-state index contributed by atoms with van der Waals surface area (Å²) in [6.07, 6.45) is 3.53. The van der Waals surface area contributed by atoms with Gasteiger partial charge in [-0.25, -0.2) is 13.1 Å². The van der Waals surface area contributed by atoms with Crippen LogP contribution in [0.1, 0.15) is 53.6 Å². The number of sulfonamides is 1. The van der Waals surface area contributed by atoms with Crippen molar-refractivity contribution >= 4 is 15.9 Å². The van der Waals surface area contributed by atoms with Crippen molar-refractivity contribution in [2.24, 2.45) is 0 Å². The van der Waals surface area contributed by atoms with E-state index in [1.165, 1.54) is 18.9 Å². The molecule has 1 saturated heterocycles. The van der Waals surface area contributed by atoms with Crippen LogP contribution in [0, 0.1) is 0 Å². The highest BCUT2D eigenvalue weighted by molar-refractivity contribution is 7.90. The number of hydrogen-bond donors (Lipinski definition) is 2. The Morgan fingerprint density at radius 2 is 1.71 bits per heavy atom. The minimum atomic E-state index is -3.54. The molecule has 0 radical (unpaired) electrons. The molecule has 1 aliphatic carbocycles. The molecule has 2 aromatic carbocycles. The first kappa shape index (κ1) is 22.0. The quantitative estimate of drug-likeness (QED) is 0.659. The fourth-order valence-electron chi connectivity index (χ4n) is 4.30. The van der Waals surface area contributed by atoms with E-state index in [-0.39, 0.29) is 5.75 Å². The van der Waals surface area contributed by atoms with Crippen molar-refractivity contribution < 1.29 is 13.2 Å². The maximum absolute atomic E-state index is 12.1. The fourth-order valence-corrected chi connectivity index (χ4v) is 4.85. The zero-order chi connectivity index (χ0) is 21.8. The molecule has 7 heteroatoms. The summed E-state index contributed by atoms with van der Waals surface area (Å²) in [6, 6.07) is 19.2. The lowest BCUT2D eigenvalue weighted by Gasteiger charge is -2.32. The molecule has 2 atom stereocenters. The van der Waals surface area contributed by atoms with Gasteiger partial charge in [0.15, 0.2) is 0 Å². The molecule has 1 amide bonds. The Kier molecular flexibility index (Phi) is 6.74. The highest BCUT2D eigenvalue weighted by Crippen LogP contribution is 2.41. The molecule has 166 valence electrons. The normalized spacial score (nSPS) is 22.2. The van der Waals surface area contributed by atoms with E-state index in [9.17, 15) is 13.2 Å². The van der Waals surface area contributed by atoms with Crippen molar-refractivity contribution in [1.82, 2.24) is 14.9 Å². The van der Waals surface area contributed by atoms with Gasteiger partial charge in [-0.2, -0.15) is 0 Å². The predicted molar refractivity (Wildman–Crippen MR) is 122 cm³/mol. The standard InChI is InChI=1S/C24H31N3O3S/c1-2-31(29,30)26-24(28)20-10-8-18(9-11-20)17-27-14-12-21(13-15-27)25-23-16-22(23)19-6-4-3-5-7-19/h3-11,21-23,25H,2,12-17H2,1H3,(H,26,28). The number of benzene rings is 2. The van der Waals surface area contributed by atoms with E-state index in [4.69, 9.17) is 0 Å². The summed E-state index contributed by atoms with van der Waals surface area (Å²) >= 11 is 0. The largest absolute Gasteiger partial charge is 0.311 e. The number of nitrogens with one attached hydrogen (secondary N) is 2. The summed E-state index contributed by atoms with van der Waals surface area (Å²) in [4.78, 5) is 14.5. The highest BCUT2D eigenvalue weighted by Gasteiger charge is 2.39. The second kappa shape index (κ2) is 9.51. The molecule has 0 spiro atoms. The number of carbonyl (C=O) groups excluding carboxylic acids is 1. The van der Waals surface area contributed by atoms with Crippen molar-refractivity contribution in [2.45, 2.75) is 50.7 Å². The molecule has 1 heterocycles. The lowest BCUT2D eigenvalue weighted by atomic mass is 10.0. The first-order valence-corrected chi connectivity index (χ1v) is 12.8. The Morgan fingerprint density at radius 3 is 2.35 bits per heavy atom. The van der Waals surface area contributed by atoms with Gasteiger partial charge in [0.05, 0.1) is 5.75 Å². The van der Waals surface area contributed by atoms with Crippen LogP contribution in [0.2, 0.25) is 0 Å². The fraction of sp³-hybridized carbons (Fsp3) is 0.458. The lowest BCUT2D eigenvalue weighted by Crippen LogP contribution is -2.43. The van der Waals surface area contributed by atoms with Gasteiger partial charge >= 0.3 is 0 Å². The van der Waals surface area contributed by atoms with Crippen molar-refractivity contribution in [3.05, 3.63) is 71.3 Å². The lowest BCUT2D eigenvalue weighted by molar-refractivity contribution is 0.0981. The van der Waals surface area contributed by atoms with Crippen LogP contribution in [0.3, 0.4) is 0 Å². The highest BCUT2D eigenvalue weighted by atomic mass is 32.2. The molecule has 2 fully saturated rings. The summed E-state index contributed by atoms with van der Waals surface area (Å²) in [6.45, 7) is 4.45. The molecule has 0 bridgehead atoms. The molecule has 1 aliphatic heterocycles. The van der Waals surface area contributed by atoms with Gasteiger partial charge in [-0.1, -0.05) is 42.5 Å². The van der Waals surface area contributed by atoms with Gasteiger partial charge in [0, 0.05) is 30.1 Å². The third kappa shape index (κ3) is 5.93. The van der Waals surface area contributed by atoms with Gasteiger partial charge < -0.3 is 5.32 Å². The van der Waals surface area contributed by atoms with Crippen LogP contribution < -0.4 is 10.0 Å². The maximum Gasteiger partial charge on any atom is 0.264 e. The zero-order valence-corrected chi connectivity index (χ0v) is 18.8. The minimum Gasteiger partial charge on any atom is -0.311 e. The van der Waals surface area contributed by atoms with Crippen molar-refractivity contribution in [2.75, 3.05) is 18.8 Å². The van der Waals surface area contributed by atoms with Gasteiger partial charge in [-0.3, -0.25) is 9.69 Å². The number of hydrogen-bond acceptors (Lipinski definition) is 5. The third-order valence-electron chi connectivity index (χ3n) is 6.31. The van der Waals surface area contributed by atoms with E-state index in [0.29, 0.717) is 23.6 Å². The molecule has 2 N–H and O–H groups in total. The van der Waals surface area contributed by atoms with Crippen LogP contribution in [0.5, 0.6) is 0 Å². The molecule has 2 aliphatic rings. The Bertz CT molecular complexity index is 984. The Labute approximate surface area is 185 Å². The molecule has 31 heavy (non-hydrogen) atoms. The molecule has 1 saturated carbocycles. The summed E-state index contributed by atoms with van der Waals surface area (Å²) in [7, 11) is -3.54. The molecular weight excluding hydrogens is 410 g/mol. The van der Waals surface area contributed by atoms with Crippen molar-refractivity contribution in [3.63, 3.8) is 0 Å². The topological polar surface area (TPSA) is 78.5 Å². The zero-order valence-electron chi connectivity index (χ0n) is 18.0. The van der Waals surface area contributed by atoms with Crippen LogP contribution in [0.25, 0.3) is 0 Å². The summed E-state index contributed by atoms with van der Waals surface area (Å²) in [5, 5.41) is 3.85. The number of likely N-dealkylation sites (tertiary alicyclic amines) is 1. The molecule has 0 aromatic heterocycles. The van der Waals surface area contributed by atoms with Gasteiger partial charge in [-0.05, 0) is 62.5 Å². The van der Waals surface area contributed by atoms with E-state index >= 15 is 0 Å².